The first-order valence-electron chi connectivity index (χ1n) is 9.18. The molecular formula is C19H33BrClN3O3. The number of methoxy groups -OCH3 is 1. The number of aromatic nitrogens is 1. The number of carbonyl (C=O) groups excluding carboxylic acids is 1. The van der Waals surface area contributed by atoms with E-state index in [0.717, 1.165) is 43.9 Å². The fourth-order valence-electron chi connectivity index (χ4n) is 2.08. The monoisotopic (exact) mass is 465 g/mol. The van der Waals surface area contributed by atoms with Crippen LogP contribution in [0.4, 0.5) is 4.79 Å². The lowest BCUT2D eigenvalue weighted by Crippen LogP contribution is -2.50. The van der Waals surface area contributed by atoms with Crippen molar-refractivity contribution >= 4 is 33.6 Å². The van der Waals surface area contributed by atoms with Crippen molar-refractivity contribution in [3.8, 4) is 0 Å². The molecule has 2 rings (SSSR count). The number of hydrogen-bond acceptors (Lipinski definition) is 5. The Morgan fingerprint density at radius 1 is 1.22 bits per heavy atom. The van der Waals surface area contributed by atoms with Gasteiger partial charge in [0.1, 0.15) is 15.4 Å². The van der Waals surface area contributed by atoms with Gasteiger partial charge >= 0.3 is 6.09 Å². The first-order chi connectivity index (χ1) is 12.7. The number of ether oxygens (including phenoxy) is 2. The van der Waals surface area contributed by atoms with Gasteiger partial charge in [0.25, 0.3) is 0 Å². The van der Waals surface area contributed by atoms with E-state index in [2.05, 4.69) is 25.8 Å². The summed E-state index contributed by atoms with van der Waals surface area (Å²) >= 11 is 8.67. The maximum atomic E-state index is 11.8. The van der Waals surface area contributed by atoms with Gasteiger partial charge in [-0.2, -0.15) is 0 Å². The smallest absolute Gasteiger partial charge is 0.410 e. The predicted octanol–water partition coefficient (Wildman–Crippen LogP) is 4.71. The van der Waals surface area contributed by atoms with E-state index in [0.29, 0.717) is 5.15 Å². The Labute approximate surface area is 177 Å². The van der Waals surface area contributed by atoms with Crippen LogP contribution in [0.3, 0.4) is 0 Å². The van der Waals surface area contributed by atoms with Crippen molar-refractivity contribution in [2.75, 3.05) is 46.4 Å². The molecule has 0 bridgehead atoms. The van der Waals surface area contributed by atoms with Crippen LogP contribution >= 0.6 is 27.5 Å². The summed E-state index contributed by atoms with van der Waals surface area (Å²) in [7, 11) is 1.71. The quantitative estimate of drug-likeness (QED) is 0.604. The van der Waals surface area contributed by atoms with Crippen molar-refractivity contribution in [1.82, 2.24) is 14.8 Å². The molecule has 0 aliphatic carbocycles. The molecule has 0 aromatic carbocycles. The minimum Gasteiger partial charge on any atom is -0.444 e. The van der Waals surface area contributed by atoms with E-state index in [-0.39, 0.29) is 6.09 Å². The number of hydrogen-bond donors (Lipinski definition) is 0. The Bertz CT molecular complexity index is 516. The van der Waals surface area contributed by atoms with Crippen molar-refractivity contribution in [2.45, 2.75) is 40.2 Å². The first kappa shape index (κ1) is 26.1. The highest BCUT2D eigenvalue weighted by atomic mass is 79.9. The molecule has 2 heterocycles. The van der Waals surface area contributed by atoms with Crippen molar-refractivity contribution in [2.24, 2.45) is 0 Å². The molecule has 1 fully saturated rings. The SMILES string of the molecule is CC.COCCN1CCN(C(=O)OC(C)(C)C)CC1.Clc1cccc(Br)n1. The van der Waals surface area contributed by atoms with Crippen LogP contribution in [0.2, 0.25) is 5.15 Å². The van der Waals surface area contributed by atoms with Crippen LogP contribution in [0.25, 0.3) is 0 Å². The van der Waals surface area contributed by atoms with Gasteiger partial charge in [0, 0.05) is 39.8 Å². The van der Waals surface area contributed by atoms with Crippen LogP contribution in [0.1, 0.15) is 34.6 Å². The number of nitrogens with zero attached hydrogens (tertiary/aromatic N) is 3. The molecule has 1 amide bonds. The summed E-state index contributed by atoms with van der Waals surface area (Å²) < 4.78 is 11.1. The van der Waals surface area contributed by atoms with Crippen molar-refractivity contribution in [3.05, 3.63) is 28.0 Å². The number of rotatable bonds is 3. The second kappa shape index (κ2) is 14.2. The van der Waals surface area contributed by atoms with E-state index in [4.69, 9.17) is 21.1 Å². The summed E-state index contributed by atoms with van der Waals surface area (Å²) in [6.07, 6.45) is -0.205. The molecule has 1 aromatic rings. The third-order valence-corrected chi connectivity index (χ3v) is 3.97. The van der Waals surface area contributed by atoms with Gasteiger partial charge in [-0.1, -0.05) is 31.5 Å². The van der Waals surface area contributed by atoms with Gasteiger partial charge in [0.2, 0.25) is 0 Å². The standard InChI is InChI=1S/C12H24N2O3.C5H3BrClN.C2H6/c1-12(2,3)17-11(15)14-7-5-13(6-8-14)9-10-16-4;6-4-2-1-3-5(7)8-4;1-2/h5-10H2,1-4H3;1-3H;1-2H3. The van der Waals surface area contributed by atoms with Gasteiger partial charge in [0.05, 0.1) is 6.61 Å². The normalized spacial score (nSPS) is 14.4. The summed E-state index contributed by atoms with van der Waals surface area (Å²) in [6, 6.07) is 5.39. The molecule has 8 heteroatoms. The average molecular weight is 467 g/mol. The van der Waals surface area contributed by atoms with Gasteiger partial charge in [-0.3, -0.25) is 4.90 Å². The molecule has 6 nitrogen and oxygen atoms in total. The van der Waals surface area contributed by atoms with E-state index >= 15 is 0 Å². The van der Waals surface area contributed by atoms with Crippen molar-refractivity contribution in [1.29, 1.82) is 0 Å². The molecule has 0 saturated carbocycles. The van der Waals surface area contributed by atoms with Gasteiger partial charge in [0.15, 0.2) is 0 Å². The second-order valence-corrected chi connectivity index (χ2v) is 7.78. The number of pyridine rings is 1. The molecule has 0 N–H and O–H groups in total. The fourth-order valence-corrected chi connectivity index (χ4v) is 2.69. The third-order valence-electron chi connectivity index (χ3n) is 3.32. The minimum atomic E-state index is -0.412. The highest BCUT2D eigenvalue weighted by Gasteiger charge is 2.25. The summed E-state index contributed by atoms with van der Waals surface area (Å²) in [4.78, 5) is 19.7. The number of halogens is 2. The third kappa shape index (κ3) is 13.0. The molecule has 1 aromatic heterocycles. The summed E-state index contributed by atoms with van der Waals surface area (Å²) in [6.45, 7) is 14.6. The van der Waals surface area contributed by atoms with Crippen molar-refractivity contribution < 1.29 is 14.3 Å². The zero-order chi connectivity index (χ0) is 20.9. The Hall–Kier alpha value is -0.890. The molecule has 0 spiro atoms. The molecule has 0 radical (unpaired) electrons. The van der Waals surface area contributed by atoms with Gasteiger partial charge < -0.3 is 14.4 Å². The van der Waals surface area contributed by atoms with Gasteiger partial charge in [-0.15, -0.1) is 0 Å². The lowest BCUT2D eigenvalue weighted by atomic mass is 10.2. The number of piperazine rings is 1. The maximum absolute atomic E-state index is 11.8. The van der Waals surface area contributed by atoms with Gasteiger partial charge in [-0.25, -0.2) is 9.78 Å². The zero-order valence-electron chi connectivity index (χ0n) is 17.3. The van der Waals surface area contributed by atoms with Crippen molar-refractivity contribution in [3.63, 3.8) is 0 Å². The van der Waals surface area contributed by atoms with Crippen LogP contribution in [0.15, 0.2) is 22.8 Å². The predicted molar refractivity (Wildman–Crippen MR) is 114 cm³/mol. The molecule has 1 aliphatic heterocycles. The summed E-state index contributed by atoms with van der Waals surface area (Å²) in [5.74, 6) is 0. The van der Waals surface area contributed by atoms with E-state index in [1.54, 1.807) is 18.1 Å². The van der Waals surface area contributed by atoms with E-state index in [1.807, 2.05) is 46.8 Å². The van der Waals surface area contributed by atoms with E-state index in [9.17, 15) is 4.79 Å². The highest BCUT2D eigenvalue weighted by molar-refractivity contribution is 9.10. The largest absolute Gasteiger partial charge is 0.444 e. The minimum absolute atomic E-state index is 0.205. The maximum Gasteiger partial charge on any atom is 0.410 e. The Morgan fingerprint density at radius 3 is 2.22 bits per heavy atom. The molecule has 0 unspecified atom stereocenters. The molecule has 156 valence electrons. The molecular weight excluding hydrogens is 434 g/mol. The topological polar surface area (TPSA) is 54.9 Å². The second-order valence-electron chi connectivity index (χ2n) is 6.58. The highest BCUT2D eigenvalue weighted by Crippen LogP contribution is 2.11. The molecule has 0 atom stereocenters. The molecule has 1 aliphatic rings. The average Bonchev–Trinajstić information content (AvgIpc) is 2.61. The number of carbonyl (C=O) groups is 1. The van der Waals surface area contributed by atoms with Crippen LogP contribution in [0, 0.1) is 0 Å². The van der Waals surface area contributed by atoms with E-state index in [1.165, 1.54) is 0 Å². The lowest BCUT2D eigenvalue weighted by Gasteiger charge is -2.35. The lowest BCUT2D eigenvalue weighted by molar-refractivity contribution is 0.0127. The zero-order valence-corrected chi connectivity index (χ0v) is 19.6. The van der Waals surface area contributed by atoms with Crippen LogP contribution in [0.5, 0.6) is 0 Å². The Balaban J connectivity index is 0.000000562. The van der Waals surface area contributed by atoms with Crippen LogP contribution in [-0.4, -0.2) is 72.9 Å². The first-order valence-corrected chi connectivity index (χ1v) is 10.4. The summed E-state index contributed by atoms with van der Waals surface area (Å²) in [5.41, 5.74) is -0.412. The van der Waals surface area contributed by atoms with E-state index < -0.39 is 5.60 Å². The van der Waals surface area contributed by atoms with Gasteiger partial charge in [-0.05, 0) is 48.8 Å². The number of amides is 1. The summed E-state index contributed by atoms with van der Waals surface area (Å²) in [5, 5.41) is 0.513. The Kier molecular flexibility index (Phi) is 13.7. The molecule has 27 heavy (non-hydrogen) atoms. The van der Waals surface area contributed by atoms with Crippen LogP contribution < -0.4 is 0 Å². The molecule has 1 saturated heterocycles. The fraction of sp³-hybridized carbons (Fsp3) is 0.684. The Morgan fingerprint density at radius 2 is 1.81 bits per heavy atom. The van der Waals surface area contributed by atoms with Crippen LogP contribution in [-0.2, 0) is 9.47 Å².